The Morgan fingerprint density at radius 1 is 0.811 bits per heavy atom. The number of fused-ring (bicyclic) bond motifs is 3. The fourth-order valence-corrected chi connectivity index (χ4v) is 5.33. The Morgan fingerprint density at radius 2 is 1.35 bits per heavy atom. The van der Waals surface area contributed by atoms with Gasteiger partial charge in [-0.25, -0.2) is 14.4 Å². The first-order valence-electron chi connectivity index (χ1n) is 12.1. The third-order valence-electron chi connectivity index (χ3n) is 7.06. The van der Waals surface area contributed by atoms with Crippen LogP contribution in [-0.4, -0.2) is 41.9 Å². The number of carbonyl (C=O) groups is 3. The van der Waals surface area contributed by atoms with Crippen molar-refractivity contribution in [3.63, 3.8) is 0 Å². The molecule has 2 aliphatic heterocycles. The fraction of sp³-hybridized carbons (Fsp3) is 0.276. The number of likely N-dealkylation sites (tertiary alicyclic amines) is 1. The maximum atomic E-state index is 13.6. The Balaban J connectivity index is 1.48. The molecule has 0 spiro atoms. The summed E-state index contributed by atoms with van der Waals surface area (Å²) in [4.78, 5) is 43.0. The Hall–Kier alpha value is -4.33. The van der Waals surface area contributed by atoms with Gasteiger partial charge < -0.3 is 14.2 Å². The zero-order chi connectivity index (χ0) is 26.0. The van der Waals surface area contributed by atoms with Crippen molar-refractivity contribution in [1.29, 1.82) is 0 Å². The van der Waals surface area contributed by atoms with E-state index in [1.54, 1.807) is 6.92 Å². The van der Waals surface area contributed by atoms with Gasteiger partial charge in [-0.2, -0.15) is 0 Å². The average Bonchev–Trinajstić information content (AvgIpc) is 3.41. The maximum absolute atomic E-state index is 13.6. The molecule has 1 saturated heterocycles. The van der Waals surface area contributed by atoms with Crippen LogP contribution in [0.2, 0.25) is 0 Å². The summed E-state index contributed by atoms with van der Waals surface area (Å²) < 4.78 is 16.5. The number of methoxy groups -OCH3 is 1. The lowest BCUT2D eigenvalue weighted by molar-refractivity contribution is -0.152. The maximum Gasteiger partial charge on any atom is 0.416 e. The van der Waals surface area contributed by atoms with E-state index < -0.39 is 29.9 Å². The average molecular weight is 501 g/mol. The summed E-state index contributed by atoms with van der Waals surface area (Å²) in [5, 5.41) is 0. The van der Waals surface area contributed by atoms with Crippen LogP contribution in [0.15, 0.2) is 84.9 Å². The number of esters is 1. The first-order valence-corrected chi connectivity index (χ1v) is 12.1. The zero-order valence-electron chi connectivity index (χ0n) is 20.7. The molecular weight excluding hydrogens is 472 g/mol. The predicted octanol–water partition coefficient (Wildman–Crippen LogP) is 5.23. The lowest BCUT2D eigenvalue weighted by Crippen LogP contribution is -2.59. The molecule has 0 radical (unpaired) electrons. The highest BCUT2D eigenvalue weighted by atomic mass is 16.6. The Kier molecular flexibility index (Phi) is 6.56. The van der Waals surface area contributed by atoms with Crippen molar-refractivity contribution in [1.82, 2.24) is 4.90 Å². The van der Waals surface area contributed by atoms with Crippen LogP contribution in [0.3, 0.4) is 0 Å². The van der Waals surface area contributed by atoms with Crippen LogP contribution < -0.4 is 4.90 Å². The minimum absolute atomic E-state index is 0.0240. The third-order valence-corrected chi connectivity index (χ3v) is 7.06. The van der Waals surface area contributed by atoms with Gasteiger partial charge in [0, 0.05) is 5.92 Å². The summed E-state index contributed by atoms with van der Waals surface area (Å²) in [7, 11) is 1.29. The Morgan fingerprint density at radius 3 is 1.95 bits per heavy atom. The van der Waals surface area contributed by atoms with Gasteiger partial charge in [0.05, 0.1) is 12.8 Å². The molecule has 190 valence electrons. The highest BCUT2D eigenvalue weighted by molar-refractivity contribution is 5.95. The molecule has 0 saturated carbocycles. The van der Waals surface area contributed by atoms with Crippen LogP contribution >= 0.6 is 0 Å². The molecule has 3 aromatic carbocycles. The van der Waals surface area contributed by atoms with Crippen molar-refractivity contribution in [2.75, 3.05) is 12.0 Å². The minimum atomic E-state index is -1.34. The number of hydrogen-bond donors (Lipinski definition) is 0. The molecular formula is C29H28N2O6. The first kappa shape index (κ1) is 24.4. The molecule has 8 nitrogen and oxygen atoms in total. The number of nitrogens with zero attached hydrogens (tertiary/aromatic N) is 2. The molecule has 0 aliphatic carbocycles. The third kappa shape index (κ3) is 4.39. The van der Waals surface area contributed by atoms with E-state index in [0.29, 0.717) is 5.69 Å². The summed E-state index contributed by atoms with van der Waals surface area (Å²) in [6.45, 7) is 1.75. The van der Waals surface area contributed by atoms with Crippen molar-refractivity contribution in [2.24, 2.45) is 0 Å². The van der Waals surface area contributed by atoms with Gasteiger partial charge in [0.1, 0.15) is 24.9 Å². The van der Waals surface area contributed by atoms with Gasteiger partial charge in [-0.1, -0.05) is 78.9 Å². The van der Waals surface area contributed by atoms with E-state index >= 15 is 0 Å². The van der Waals surface area contributed by atoms with E-state index in [0.717, 1.165) is 16.7 Å². The second-order valence-electron chi connectivity index (χ2n) is 9.37. The van der Waals surface area contributed by atoms with Gasteiger partial charge in [-0.05, 0) is 36.1 Å². The molecule has 37 heavy (non-hydrogen) atoms. The second-order valence-corrected chi connectivity index (χ2v) is 9.37. The first-order chi connectivity index (χ1) is 17.9. The number of rotatable bonds is 5. The SMILES string of the molecule is COC(=O)[C@]1(C)C[C@@H]2c3ccccc3N(C(=O)OCc3ccccc3)[C@@H]2N1C(=O)OCc1ccccc1. The summed E-state index contributed by atoms with van der Waals surface area (Å²) in [5.74, 6) is -0.900. The second kappa shape index (κ2) is 9.97. The number of hydrogen-bond acceptors (Lipinski definition) is 6. The van der Waals surface area contributed by atoms with Crippen LogP contribution in [0, 0.1) is 0 Å². The number of carbonyl (C=O) groups excluding carboxylic acids is 3. The van der Waals surface area contributed by atoms with Crippen LogP contribution in [0.4, 0.5) is 15.3 Å². The zero-order valence-corrected chi connectivity index (χ0v) is 20.7. The van der Waals surface area contributed by atoms with Gasteiger partial charge in [-0.15, -0.1) is 0 Å². The Bertz CT molecular complexity index is 1300. The molecule has 2 aliphatic rings. The number of amides is 2. The number of benzene rings is 3. The molecule has 3 atom stereocenters. The molecule has 8 heteroatoms. The van der Waals surface area contributed by atoms with E-state index in [1.165, 1.54) is 16.9 Å². The molecule has 2 heterocycles. The molecule has 0 bridgehead atoms. The number of anilines is 1. The van der Waals surface area contributed by atoms with Crippen LogP contribution in [0.25, 0.3) is 0 Å². The van der Waals surface area contributed by atoms with E-state index in [-0.39, 0.29) is 25.6 Å². The molecule has 0 aromatic heterocycles. The van der Waals surface area contributed by atoms with Crippen molar-refractivity contribution in [2.45, 2.75) is 44.2 Å². The molecule has 5 rings (SSSR count). The standard InChI is InChI=1S/C29H28N2O6/c1-29(26(32)35-2)17-23-22-15-9-10-16-24(22)30(27(33)36-18-20-11-5-3-6-12-20)25(23)31(29)28(34)37-19-21-13-7-4-8-14-21/h3-16,23,25H,17-19H2,1-2H3/t23-,25-,29+/m1/s1. The molecule has 0 N–H and O–H groups in total. The number of para-hydroxylation sites is 1. The van der Waals surface area contributed by atoms with Gasteiger partial charge >= 0.3 is 18.2 Å². The summed E-state index contributed by atoms with van der Waals surface area (Å²) >= 11 is 0. The highest BCUT2D eigenvalue weighted by Crippen LogP contribution is 2.54. The Labute approximate surface area is 215 Å². The quantitative estimate of drug-likeness (QED) is 0.352. The van der Waals surface area contributed by atoms with E-state index in [1.807, 2.05) is 84.9 Å². The van der Waals surface area contributed by atoms with Crippen molar-refractivity contribution in [3.05, 3.63) is 102 Å². The lowest BCUT2D eigenvalue weighted by Gasteiger charge is -2.38. The molecule has 3 aromatic rings. The topological polar surface area (TPSA) is 85.4 Å². The predicted molar refractivity (Wildman–Crippen MR) is 136 cm³/mol. The fourth-order valence-electron chi connectivity index (χ4n) is 5.33. The molecule has 2 amide bonds. The van der Waals surface area contributed by atoms with Crippen LogP contribution in [-0.2, 0) is 32.2 Å². The smallest absolute Gasteiger partial charge is 0.416 e. The van der Waals surface area contributed by atoms with Crippen LogP contribution in [0.5, 0.6) is 0 Å². The van der Waals surface area contributed by atoms with E-state index in [2.05, 4.69) is 0 Å². The molecule has 0 unspecified atom stereocenters. The van der Waals surface area contributed by atoms with Gasteiger partial charge in [-0.3, -0.25) is 9.80 Å². The van der Waals surface area contributed by atoms with Crippen molar-refractivity contribution in [3.8, 4) is 0 Å². The monoisotopic (exact) mass is 500 g/mol. The summed E-state index contributed by atoms with van der Waals surface area (Å²) in [5.41, 5.74) is 1.80. The van der Waals surface area contributed by atoms with Gasteiger partial charge in [0.25, 0.3) is 0 Å². The molecule has 1 fully saturated rings. The van der Waals surface area contributed by atoms with Crippen molar-refractivity contribution < 1.29 is 28.6 Å². The van der Waals surface area contributed by atoms with Gasteiger partial charge in [0.15, 0.2) is 0 Å². The van der Waals surface area contributed by atoms with Gasteiger partial charge in [0.2, 0.25) is 0 Å². The summed E-state index contributed by atoms with van der Waals surface area (Å²) in [6, 6.07) is 26.1. The minimum Gasteiger partial charge on any atom is -0.467 e. The number of ether oxygens (including phenoxy) is 3. The normalized spacial score (nSPS) is 21.7. The van der Waals surface area contributed by atoms with E-state index in [9.17, 15) is 14.4 Å². The van der Waals surface area contributed by atoms with Crippen LogP contribution in [0.1, 0.15) is 36.0 Å². The van der Waals surface area contributed by atoms with E-state index in [4.69, 9.17) is 14.2 Å². The summed E-state index contributed by atoms with van der Waals surface area (Å²) in [6.07, 6.45) is -1.87. The highest BCUT2D eigenvalue weighted by Gasteiger charge is 2.63. The van der Waals surface area contributed by atoms with Crippen molar-refractivity contribution >= 4 is 23.8 Å². The largest absolute Gasteiger partial charge is 0.467 e. The lowest BCUT2D eigenvalue weighted by atomic mass is 9.90.